The molecule has 1 amide bonds. The van der Waals surface area contributed by atoms with Gasteiger partial charge in [0.2, 0.25) is 5.91 Å². The summed E-state index contributed by atoms with van der Waals surface area (Å²) < 4.78 is 0. The van der Waals surface area contributed by atoms with Gasteiger partial charge >= 0.3 is 0 Å². The maximum Gasteiger partial charge on any atom is 0.287 e. The van der Waals surface area contributed by atoms with E-state index in [1.54, 1.807) is 4.90 Å². The molecule has 7 heteroatoms. The standard InChI is InChI=1S/C10H11N3O3S/c14-10-3-7(6-17)5-12(10)9-2-1-8(4-11-9)13(15)16/h1-2,4,7,17H,3,5-6H2. The Morgan fingerprint density at radius 1 is 1.59 bits per heavy atom. The lowest BCUT2D eigenvalue weighted by Crippen LogP contribution is -2.25. The largest absolute Gasteiger partial charge is 0.296 e. The smallest absolute Gasteiger partial charge is 0.287 e. The van der Waals surface area contributed by atoms with E-state index < -0.39 is 4.92 Å². The monoisotopic (exact) mass is 253 g/mol. The fourth-order valence-electron chi connectivity index (χ4n) is 1.77. The van der Waals surface area contributed by atoms with Crippen molar-refractivity contribution in [2.75, 3.05) is 17.2 Å². The van der Waals surface area contributed by atoms with Crippen molar-refractivity contribution >= 4 is 30.0 Å². The van der Waals surface area contributed by atoms with Gasteiger partial charge in [-0.2, -0.15) is 12.6 Å². The number of pyridine rings is 1. The molecule has 0 saturated carbocycles. The Kier molecular flexibility index (Phi) is 3.28. The Hall–Kier alpha value is -1.63. The highest BCUT2D eigenvalue weighted by Crippen LogP contribution is 2.25. The van der Waals surface area contributed by atoms with E-state index in [0.29, 0.717) is 24.5 Å². The van der Waals surface area contributed by atoms with Crippen LogP contribution in [0.25, 0.3) is 0 Å². The molecule has 17 heavy (non-hydrogen) atoms. The second-order valence-corrected chi connectivity index (χ2v) is 4.25. The molecule has 1 atom stereocenters. The van der Waals surface area contributed by atoms with E-state index in [9.17, 15) is 14.9 Å². The number of hydrogen-bond acceptors (Lipinski definition) is 5. The van der Waals surface area contributed by atoms with Crippen molar-refractivity contribution in [1.82, 2.24) is 4.98 Å². The van der Waals surface area contributed by atoms with Crippen LogP contribution in [-0.2, 0) is 4.79 Å². The highest BCUT2D eigenvalue weighted by Gasteiger charge is 2.30. The summed E-state index contributed by atoms with van der Waals surface area (Å²) in [4.78, 5) is 27.1. The lowest BCUT2D eigenvalue weighted by molar-refractivity contribution is -0.385. The summed E-state index contributed by atoms with van der Waals surface area (Å²) in [6.45, 7) is 0.577. The van der Waals surface area contributed by atoms with Crippen LogP contribution in [0.1, 0.15) is 6.42 Å². The van der Waals surface area contributed by atoms with E-state index in [4.69, 9.17) is 0 Å². The molecule has 1 saturated heterocycles. The topological polar surface area (TPSA) is 76.3 Å². The van der Waals surface area contributed by atoms with Crippen molar-refractivity contribution in [2.24, 2.45) is 5.92 Å². The van der Waals surface area contributed by atoms with Gasteiger partial charge in [-0.1, -0.05) is 0 Å². The minimum absolute atomic E-state index is 0.00889. The molecule has 90 valence electrons. The zero-order chi connectivity index (χ0) is 12.4. The zero-order valence-corrected chi connectivity index (χ0v) is 9.84. The third-order valence-electron chi connectivity index (χ3n) is 2.68. The third-order valence-corrected chi connectivity index (χ3v) is 3.20. The number of nitrogens with zero attached hydrogens (tertiary/aromatic N) is 3. The first kappa shape index (κ1) is 11.8. The van der Waals surface area contributed by atoms with Gasteiger partial charge in [-0.15, -0.1) is 0 Å². The summed E-state index contributed by atoms with van der Waals surface area (Å²) >= 11 is 4.16. The van der Waals surface area contributed by atoms with E-state index in [0.717, 1.165) is 6.20 Å². The number of thiol groups is 1. The average Bonchev–Trinajstić information content (AvgIpc) is 2.71. The number of carbonyl (C=O) groups is 1. The zero-order valence-electron chi connectivity index (χ0n) is 8.94. The molecule has 2 heterocycles. The highest BCUT2D eigenvalue weighted by molar-refractivity contribution is 7.80. The van der Waals surface area contributed by atoms with Crippen LogP contribution in [0.2, 0.25) is 0 Å². The quantitative estimate of drug-likeness (QED) is 0.500. The van der Waals surface area contributed by atoms with E-state index in [1.807, 2.05) is 0 Å². The molecule has 0 spiro atoms. The summed E-state index contributed by atoms with van der Waals surface area (Å²) in [5.74, 6) is 1.33. The summed E-state index contributed by atoms with van der Waals surface area (Å²) in [7, 11) is 0. The minimum atomic E-state index is -0.515. The van der Waals surface area contributed by atoms with Gasteiger partial charge in [0.1, 0.15) is 12.0 Å². The Bertz CT molecular complexity index is 449. The van der Waals surface area contributed by atoms with Crippen molar-refractivity contribution in [3.05, 3.63) is 28.4 Å². The van der Waals surface area contributed by atoms with Gasteiger partial charge in [-0.3, -0.25) is 19.8 Å². The van der Waals surface area contributed by atoms with Gasteiger partial charge in [0.05, 0.1) is 4.92 Å². The molecule has 0 aromatic carbocycles. The number of amides is 1. The van der Waals surface area contributed by atoms with Gasteiger partial charge in [0.25, 0.3) is 5.69 Å². The lowest BCUT2D eigenvalue weighted by Gasteiger charge is -2.14. The maximum absolute atomic E-state index is 11.7. The normalized spacial score (nSPS) is 19.7. The number of aromatic nitrogens is 1. The van der Waals surface area contributed by atoms with E-state index in [2.05, 4.69) is 17.6 Å². The third kappa shape index (κ3) is 2.38. The Balaban J connectivity index is 2.18. The van der Waals surface area contributed by atoms with Crippen molar-refractivity contribution in [1.29, 1.82) is 0 Å². The molecular weight excluding hydrogens is 242 g/mol. The van der Waals surface area contributed by atoms with Crippen LogP contribution >= 0.6 is 12.6 Å². The first-order chi connectivity index (χ1) is 8.11. The molecule has 0 radical (unpaired) electrons. The minimum Gasteiger partial charge on any atom is -0.296 e. The molecular formula is C10H11N3O3S. The molecule has 1 unspecified atom stereocenters. The summed E-state index contributed by atoms with van der Waals surface area (Å²) in [5.41, 5.74) is -0.0776. The van der Waals surface area contributed by atoms with Crippen molar-refractivity contribution in [3.8, 4) is 0 Å². The molecule has 1 aliphatic heterocycles. The second-order valence-electron chi connectivity index (χ2n) is 3.89. The Morgan fingerprint density at radius 2 is 2.35 bits per heavy atom. The van der Waals surface area contributed by atoms with Crippen LogP contribution in [0, 0.1) is 16.0 Å². The van der Waals surface area contributed by atoms with Gasteiger partial charge in [0.15, 0.2) is 0 Å². The maximum atomic E-state index is 11.7. The number of nitro groups is 1. The molecule has 1 fully saturated rings. The van der Waals surface area contributed by atoms with E-state index in [1.165, 1.54) is 12.1 Å². The number of anilines is 1. The predicted molar refractivity (Wildman–Crippen MR) is 65.2 cm³/mol. The van der Waals surface area contributed by atoms with Crippen molar-refractivity contribution < 1.29 is 9.72 Å². The van der Waals surface area contributed by atoms with Crippen molar-refractivity contribution in [2.45, 2.75) is 6.42 Å². The van der Waals surface area contributed by atoms with Gasteiger partial charge in [-0.05, 0) is 17.7 Å². The molecule has 6 nitrogen and oxygen atoms in total. The van der Waals surface area contributed by atoms with Gasteiger partial charge in [-0.25, -0.2) is 4.98 Å². The van der Waals surface area contributed by atoms with Crippen LogP contribution in [0.4, 0.5) is 11.5 Å². The van der Waals surface area contributed by atoms with Crippen LogP contribution in [-0.4, -0.2) is 28.1 Å². The molecule has 1 aromatic rings. The molecule has 0 aliphatic carbocycles. The number of carbonyl (C=O) groups excluding carboxylic acids is 1. The summed E-state index contributed by atoms with van der Waals surface area (Å²) in [6, 6.07) is 2.85. The fourth-order valence-corrected chi connectivity index (χ4v) is 2.02. The lowest BCUT2D eigenvalue weighted by atomic mass is 10.1. The molecule has 1 aromatic heterocycles. The second kappa shape index (κ2) is 4.70. The molecule has 2 rings (SSSR count). The first-order valence-corrected chi connectivity index (χ1v) is 5.76. The summed E-state index contributed by atoms with van der Waals surface area (Å²) in [5, 5.41) is 10.5. The van der Waals surface area contributed by atoms with E-state index >= 15 is 0 Å². The predicted octanol–water partition coefficient (Wildman–Crippen LogP) is 1.27. The first-order valence-electron chi connectivity index (χ1n) is 5.13. The molecule has 0 N–H and O–H groups in total. The van der Waals surface area contributed by atoms with Crippen molar-refractivity contribution in [3.63, 3.8) is 0 Å². The van der Waals surface area contributed by atoms with Crippen LogP contribution < -0.4 is 4.90 Å². The SMILES string of the molecule is O=C1CC(CS)CN1c1ccc([N+](=O)[O-])cn1. The molecule has 1 aliphatic rings. The summed E-state index contributed by atoms with van der Waals surface area (Å²) in [6.07, 6.45) is 1.62. The number of rotatable bonds is 3. The number of hydrogen-bond donors (Lipinski definition) is 1. The van der Waals surface area contributed by atoms with Crippen LogP contribution in [0.15, 0.2) is 18.3 Å². The van der Waals surface area contributed by atoms with Gasteiger partial charge in [0, 0.05) is 19.0 Å². The Morgan fingerprint density at radius 3 is 2.82 bits per heavy atom. The Labute approximate surface area is 103 Å². The van der Waals surface area contributed by atoms with Crippen LogP contribution in [0.3, 0.4) is 0 Å². The fraction of sp³-hybridized carbons (Fsp3) is 0.400. The van der Waals surface area contributed by atoms with Gasteiger partial charge < -0.3 is 0 Å². The average molecular weight is 253 g/mol. The highest BCUT2D eigenvalue weighted by atomic mass is 32.1. The molecule has 0 bridgehead atoms. The van der Waals surface area contributed by atoms with Crippen LogP contribution in [0.5, 0.6) is 0 Å². The van der Waals surface area contributed by atoms with E-state index in [-0.39, 0.29) is 17.5 Å².